The van der Waals surface area contributed by atoms with Crippen LogP contribution in [0.5, 0.6) is 5.75 Å². The highest BCUT2D eigenvalue weighted by Gasteiger charge is 2.27. The van der Waals surface area contributed by atoms with E-state index in [1.807, 2.05) is 30.7 Å². The molecule has 0 aliphatic carbocycles. The zero-order chi connectivity index (χ0) is 17.5. The lowest BCUT2D eigenvalue weighted by atomic mass is 10.0. The summed E-state index contributed by atoms with van der Waals surface area (Å²) in [6.45, 7) is 4.35. The Labute approximate surface area is 185 Å². The van der Waals surface area contributed by atoms with Crippen LogP contribution in [0.2, 0.25) is 0 Å². The lowest BCUT2D eigenvalue weighted by molar-refractivity contribution is 0.0367. The van der Waals surface area contributed by atoms with E-state index in [9.17, 15) is 5.11 Å². The molecule has 3 rings (SSSR count). The number of para-hydroxylation sites is 1. The van der Waals surface area contributed by atoms with E-state index < -0.39 is 0 Å². The molecule has 160 valence electrons. The highest BCUT2D eigenvalue weighted by Crippen LogP contribution is 2.21. The number of methoxy groups -OCH3 is 1. The summed E-state index contributed by atoms with van der Waals surface area (Å²) in [6, 6.07) is 8.27. The minimum atomic E-state index is -0.336. The Kier molecular flexibility index (Phi) is 13.5. The van der Waals surface area contributed by atoms with Gasteiger partial charge in [0, 0.05) is 50.2 Å². The molecule has 2 atom stereocenters. The third-order valence-electron chi connectivity index (χ3n) is 4.81. The number of benzene rings is 1. The van der Waals surface area contributed by atoms with E-state index in [1.54, 1.807) is 13.3 Å². The molecule has 1 aromatic carbocycles. The number of aryl methyl sites for hydroxylation is 1. The summed E-state index contributed by atoms with van der Waals surface area (Å²) < 4.78 is 7.50. The molecule has 2 heterocycles. The van der Waals surface area contributed by atoms with Gasteiger partial charge in [0.25, 0.3) is 0 Å². The van der Waals surface area contributed by atoms with Crippen molar-refractivity contribution in [3.05, 3.63) is 48.5 Å². The maximum atomic E-state index is 10.5. The summed E-state index contributed by atoms with van der Waals surface area (Å²) in [5, 5.41) is 14.0. The summed E-state index contributed by atoms with van der Waals surface area (Å²) >= 11 is 0. The van der Waals surface area contributed by atoms with Crippen LogP contribution in [-0.2, 0) is 13.1 Å². The van der Waals surface area contributed by atoms with Crippen LogP contribution in [0, 0.1) is 0 Å². The van der Waals surface area contributed by atoms with Crippen LogP contribution in [-0.4, -0.2) is 58.4 Å². The second kappa shape index (κ2) is 14.0. The zero-order valence-electron chi connectivity index (χ0n) is 16.1. The molecule has 2 N–H and O–H groups in total. The number of ether oxygens (including phenoxy) is 1. The molecule has 0 spiro atoms. The largest absolute Gasteiger partial charge is 0.496 e. The fourth-order valence-corrected chi connectivity index (χ4v) is 3.42. The van der Waals surface area contributed by atoms with Gasteiger partial charge in [-0.15, -0.1) is 37.2 Å². The maximum Gasteiger partial charge on any atom is 0.123 e. The highest BCUT2D eigenvalue weighted by atomic mass is 35.5. The summed E-state index contributed by atoms with van der Waals surface area (Å²) in [5.41, 5.74) is 1.17. The molecule has 6 nitrogen and oxygen atoms in total. The van der Waals surface area contributed by atoms with Crippen LogP contribution in [0.3, 0.4) is 0 Å². The van der Waals surface area contributed by atoms with Crippen molar-refractivity contribution in [1.82, 2.24) is 19.8 Å². The molecule has 0 amide bonds. The minimum absolute atomic E-state index is 0. The van der Waals surface area contributed by atoms with Gasteiger partial charge in [0.1, 0.15) is 5.75 Å². The van der Waals surface area contributed by atoms with E-state index in [0.717, 1.165) is 44.8 Å². The molecule has 28 heavy (non-hydrogen) atoms. The van der Waals surface area contributed by atoms with Gasteiger partial charge >= 0.3 is 0 Å². The Balaban J connectivity index is 0.00000243. The van der Waals surface area contributed by atoms with Crippen molar-refractivity contribution in [3.8, 4) is 5.75 Å². The normalized spacial score (nSPS) is 19.1. The van der Waals surface area contributed by atoms with E-state index in [4.69, 9.17) is 4.74 Å². The molecule has 1 fully saturated rings. The molecule has 1 saturated heterocycles. The number of piperidine rings is 1. The number of β-amino-alcohol motifs (C(OH)–C–C–N with tert-alkyl or cyclic N) is 1. The highest BCUT2D eigenvalue weighted by molar-refractivity contribution is 5.86. The standard InChI is InChI=1S/C19H28N4O2.3ClH/c1-25-19-6-3-2-5-16(19)13-23-11-7-17(18(24)14-23)21-8-4-10-22-12-9-20-15-22;;;/h2-3,5-6,9,12,15,17-18,21,24H,4,7-8,10-11,13-14H2,1H3;3*1H/t17-,18-;;;/m1.../s1. The molecule has 1 aliphatic heterocycles. The number of halogens is 3. The molecule has 0 saturated carbocycles. The molecular formula is C19H31Cl3N4O2. The first kappa shape index (κ1) is 27.0. The molecule has 1 aromatic heterocycles. The summed E-state index contributed by atoms with van der Waals surface area (Å²) in [5.74, 6) is 0.914. The first-order chi connectivity index (χ1) is 12.3. The average molecular weight is 454 g/mol. The number of aromatic nitrogens is 2. The van der Waals surface area contributed by atoms with Crippen molar-refractivity contribution < 1.29 is 9.84 Å². The van der Waals surface area contributed by atoms with Gasteiger partial charge in [0.05, 0.1) is 19.5 Å². The lowest BCUT2D eigenvalue weighted by Gasteiger charge is -2.36. The zero-order valence-corrected chi connectivity index (χ0v) is 18.5. The molecule has 0 unspecified atom stereocenters. The number of likely N-dealkylation sites (tertiary alicyclic amines) is 1. The average Bonchev–Trinajstić information content (AvgIpc) is 3.14. The molecular weight excluding hydrogens is 423 g/mol. The summed E-state index contributed by atoms with van der Waals surface area (Å²) in [4.78, 5) is 6.34. The van der Waals surface area contributed by atoms with E-state index in [2.05, 4.69) is 25.8 Å². The predicted octanol–water partition coefficient (Wildman–Crippen LogP) is 2.77. The van der Waals surface area contributed by atoms with Gasteiger partial charge < -0.3 is 19.7 Å². The second-order valence-electron chi connectivity index (χ2n) is 6.62. The molecule has 2 aromatic rings. The predicted molar refractivity (Wildman–Crippen MR) is 119 cm³/mol. The fraction of sp³-hybridized carbons (Fsp3) is 0.526. The van der Waals surface area contributed by atoms with Crippen LogP contribution in [0.15, 0.2) is 43.0 Å². The van der Waals surface area contributed by atoms with Gasteiger partial charge in [0.2, 0.25) is 0 Å². The number of aliphatic hydroxyl groups excluding tert-OH is 1. The second-order valence-corrected chi connectivity index (χ2v) is 6.62. The van der Waals surface area contributed by atoms with E-state index in [1.165, 1.54) is 5.56 Å². The number of nitrogens with zero attached hydrogens (tertiary/aromatic N) is 3. The number of rotatable bonds is 8. The smallest absolute Gasteiger partial charge is 0.123 e. The van der Waals surface area contributed by atoms with Crippen molar-refractivity contribution in [2.45, 2.75) is 38.1 Å². The van der Waals surface area contributed by atoms with Crippen LogP contribution >= 0.6 is 37.2 Å². The van der Waals surface area contributed by atoms with Crippen molar-refractivity contribution in [2.24, 2.45) is 0 Å². The number of imidazole rings is 1. The van der Waals surface area contributed by atoms with Gasteiger partial charge in [-0.3, -0.25) is 4.90 Å². The van der Waals surface area contributed by atoms with E-state index in [0.29, 0.717) is 6.54 Å². The number of hydrogen-bond donors (Lipinski definition) is 2. The van der Waals surface area contributed by atoms with Gasteiger partial charge in [-0.05, 0) is 25.5 Å². The van der Waals surface area contributed by atoms with Gasteiger partial charge in [-0.1, -0.05) is 18.2 Å². The first-order valence-electron chi connectivity index (χ1n) is 8.97. The van der Waals surface area contributed by atoms with Crippen molar-refractivity contribution in [3.63, 3.8) is 0 Å². The van der Waals surface area contributed by atoms with Crippen molar-refractivity contribution in [1.29, 1.82) is 0 Å². The third kappa shape index (κ3) is 7.78. The van der Waals surface area contributed by atoms with Gasteiger partial charge in [-0.2, -0.15) is 0 Å². The molecule has 0 bridgehead atoms. The molecule has 9 heteroatoms. The lowest BCUT2D eigenvalue weighted by Crippen LogP contribution is -2.52. The molecule has 1 aliphatic rings. The number of aliphatic hydroxyl groups is 1. The minimum Gasteiger partial charge on any atom is -0.496 e. The number of hydrogen-bond acceptors (Lipinski definition) is 5. The maximum absolute atomic E-state index is 10.5. The number of nitrogens with one attached hydrogen (secondary N) is 1. The monoisotopic (exact) mass is 452 g/mol. The van der Waals surface area contributed by atoms with Crippen molar-refractivity contribution in [2.75, 3.05) is 26.7 Å². The summed E-state index contributed by atoms with van der Waals surface area (Å²) in [7, 11) is 1.70. The third-order valence-corrected chi connectivity index (χ3v) is 4.81. The Morgan fingerprint density at radius 3 is 2.71 bits per heavy atom. The Morgan fingerprint density at radius 1 is 1.25 bits per heavy atom. The summed E-state index contributed by atoms with van der Waals surface area (Å²) in [6.07, 6.45) is 7.27. The van der Waals surface area contributed by atoms with Crippen LogP contribution in [0.4, 0.5) is 0 Å². The van der Waals surface area contributed by atoms with Crippen LogP contribution in [0.25, 0.3) is 0 Å². The van der Waals surface area contributed by atoms with Crippen LogP contribution < -0.4 is 10.1 Å². The van der Waals surface area contributed by atoms with Crippen molar-refractivity contribution >= 4 is 37.2 Å². The van der Waals surface area contributed by atoms with Crippen LogP contribution in [0.1, 0.15) is 18.4 Å². The topological polar surface area (TPSA) is 62.5 Å². The Bertz CT molecular complexity index is 646. The Morgan fingerprint density at radius 2 is 2.04 bits per heavy atom. The SMILES string of the molecule is COc1ccccc1CN1CC[C@@H](NCCCn2ccnc2)[C@H](O)C1.Cl.Cl.Cl. The quantitative estimate of drug-likeness (QED) is 0.602. The first-order valence-corrected chi connectivity index (χ1v) is 8.97. The van der Waals surface area contributed by atoms with E-state index in [-0.39, 0.29) is 49.4 Å². The Hall–Kier alpha value is -1.02. The van der Waals surface area contributed by atoms with E-state index >= 15 is 0 Å². The fourth-order valence-electron chi connectivity index (χ4n) is 3.42. The molecule has 0 radical (unpaired) electrons. The van der Waals surface area contributed by atoms with Gasteiger partial charge in [-0.25, -0.2) is 4.98 Å². The van der Waals surface area contributed by atoms with Gasteiger partial charge in [0.15, 0.2) is 0 Å².